The van der Waals surface area contributed by atoms with E-state index in [0.717, 1.165) is 39.0 Å². The van der Waals surface area contributed by atoms with Crippen molar-refractivity contribution in [3.63, 3.8) is 0 Å². The minimum atomic E-state index is -0.187. The maximum absolute atomic E-state index is 13.4. The van der Waals surface area contributed by atoms with Crippen LogP contribution in [0.2, 0.25) is 0 Å². The Morgan fingerprint density at radius 1 is 0.500 bits per heavy atom. The van der Waals surface area contributed by atoms with Gasteiger partial charge in [-0.15, -0.1) is 0 Å². The lowest BCUT2D eigenvalue weighted by atomic mass is 9.85. The molecule has 3 nitrogen and oxygen atoms in total. The predicted molar refractivity (Wildman–Crippen MR) is 168 cm³/mol. The molecule has 196 valence electrons. The van der Waals surface area contributed by atoms with Crippen LogP contribution in [0.5, 0.6) is 0 Å². The molecule has 0 saturated carbocycles. The topological polar surface area (TPSA) is 64.7 Å². The van der Waals surface area contributed by atoms with E-state index >= 15 is 0 Å². The molecule has 0 atom stereocenters. The Morgan fingerprint density at radius 2 is 0.905 bits per heavy atom. The standard InChI is InChI=1S/C39H24N2O/c40-25-32(26-41)38-33-18-10-11-19-34(33)39(42)35(38)24-27-20-22-31(23-21-27)37(30-16-8-3-9-17-30)36(28-12-4-1-5-13-28)29-14-6-2-7-15-29/h1-24H/b35-24-. The van der Waals surface area contributed by atoms with Crippen LogP contribution < -0.4 is 0 Å². The molecule has 3 heteroatoms. The zero-order valence-electron chi connectivity index (χ0n) is 22.7. The highest BCUT2D eigenvalue weighted by molar-refractivity contribution is 6.29. The van der Waals surface area contributed by atoms with E-state index in [4.69, 9.17) is 0 Å². The lowest BCUT2D eigenvalue weighted by Gasteiger charge is -2.18. The van der Waals surface area contributed by atoms with Crippen molar-refractivity contribution < 1.29 is 4.79 Å². The van der Waals surface area contributed by atoms with E-state index in [0.29, 0.717) is 22.3 Å². The number of allylic oxidation sites excluding steroid dienone is 3. The van der Waals surface area contributed by atoms with E-state index in [9.17, 15) is 15.3 Å². The normalized spacial score (nSPS) is 12.8. The quantitative estimate of drug-likeness (QED) is 0.128. The SMILES string of the molecule is N#CC(C#N)=C1/C(=C/c2ccc(C(=C(c3ccccc3)c3ccccc3)c3ccccc3)cc2)C(=O)c2ccccc21. The Hall–Kier alpha value is -6.03. The van der Waals surface area contributed by atoms with Crippen LogP contribution in [0, 0.1) is 22.7 Å². The molecule has 0 unspecified atom stereocenters. The number of nitrogens with zero attached hydrogens (tertiary/aromatic N) is 2. The van der Waals surface area contributed by atoms with Gasteiger partial charge in [-0.25, -0.2) is 0 Å². The van der Waals surface area contributed by atoms with Gasteiger partial charge in [-0.05, 0) is 50.6 Å². The van der Waals surface area contributed by atoms with Crippen LogP contribution in [0.25, 0.3) is 22.8 Å². The molecule has 0 saturated heterocycles. The predicted octanol–water partition coefficient (Wildman–Crippen LogP) is 8.77. The van der Waals surface area contributed by atoms with Crippen LogP contribution in [0.1, 0.15) is 43.7 Å². The molecule has 0 N–H and O–H groups in total. The van der Waals surface area contributed by atoms with Gasteiger partial charge in [0, 0.05) is 16.7 Å². The van der Waals surface area contributed by atoms with E-state index in [1.807, 2.05) is 60.7 Å². The van der Waals surface area contributed by atoms with Gasteiger partial charge in [0.15, 0.2) is 5.78 Å². The van der Waals surface area contributed by atoms with Gasteiger partial charge in [0.2, 0.25) is 0 Å². The fourth-order valence-corrected chi connectivity index (χ4v) is 5.48. The summed E-state index contributed by atoms with van der Waals surface area (Å²) in [6.45, 7) is 0. The van der Waals surface area contributed by atoms with Crippen molar-refractivity contribution >= 4 is 28.6 Å². The maximum atomic E-state index is 13.4. The molecule has 0 aliphatic heterocycles. The number of hydrogen-bond acceptors (Lipinski definition) is 3. The summed E-state index contributed by atoms with van der Waals surface area (Å²) in [6, 6.07) is 50.2. The number of hydrogen-bond donors (Lipinski definition) is 0. The van der Waals surface area contributed by atoms with Gasteiger partial charge in [0.05, 0.1) is 0 Å². The van der Waals surface area contributed by atoms with Crippen molar-refractivity contribution in [3.8, 4) is 12.1 Å². The number of benzene rings is 5. The van der Waals surface area contributed by atoms with Crippen LogP contribution >= 0.6 is 0 Å². The number of rotatable bonds is 5. The number of carbonyl (C=O) groups is 1. The second-order valence-electron chi connectivity index (χ2n) is 9.88. The molecule has 0 amide bonds. The molecule has 1 aliphatic carbocycles. The third-order valence-electron chi connectivity index (χ3n) is 7.38. The van der Waals surface area contributed by atoms with Gasteiger partial charge < -0.3 is 0 Å². The first-order valence-electron chi connectivity index (χ1n) is 13.6. The first-order valence-corrected chi connectivity index (χ1v) is 13.6. The van der Waals surface area contributed by atoms with Gasteiger partial charge in [0.1, 0.15) is 17.7 Å². The first-order chi connectivity index (χ1) is 20.7. The maximum Gasteiger partial charge on any atom is 0.194 e. The summed E-state index contributed by atoms with van der Waals surface area (Å²) in [5, 5.41) is 19.3. The molecule has 0 aromatic heterocycles. The second kappa shape index (κ2) is 11.6. The third kappa shape index (κ3) is 4.88. The zero-order valence-corrected chi connectivity index (χ0v) is 22.7. The molecule has 5 aromatic rings. The highest BCUT2D eigenvalue weighted by Gasteiger charge is 2.32. The Labute approximate surface area is 245 Å². The fraction of sp³-hybridized carbons (Fsp3) is 0. The van der Waals surface area contributed by atoms with Gasteiger partial charge >= 0.3 is 0 Å². The van der Waals surface area contributed by atoms with Gasteiger partial charge in [-0.1, -0.05) is 140 Å². The van der Waals surface area contributed by atoms with E-state index < -0.39 is 0 Å². The van der Waals surface area contributed by atoms with Crippen LogP contribution in [0.3, 0.4) is 0 Å². The molecule has 0 radical (unpaired) electrons. The summed E-state index contributed by atoms with van der Waals surface area (Å²) in [5.41, 5.74) is 9.15. The van der Waals surface area contributed by atoms with Crippen molar-refractivity contribution in [2.24, 2.45) is 0 Å². The number of nitriles is 2. The smallest absolute Gasteiger partial charge is 0.194 e. The molecule has 6 rings (SSSR count). The lowest BCUT2D eigenvalue weighted by Crippen LogP contribution is -1.98. The van der Waals surface area contributed by atoms with E-state index in [1.54, 1.807) is 24.3 Å². The molecule has 0 fully saturated rings. The minimum Gasteiger partial charge on any atom is -0.289 e. The van der Waals surface area contributed by atoms with Crippen LogP contribution in [-0.2, 0) is 0 Å². The molecule has 0 heterocycles. The molecule has 1 aliphatic rings. The van der Waals surface area contributed by atoms with Gasteiger partial charge in [0.25, 0.3) is 0 Å². The molecular formula is C39H24N2O. The third-order valence-corrected chi connectivity index (χ3v) is 7.38. The molecular weight excluding hydrogens is 512 g/mol. The molecule has 42 heavy (non-hydrogen) atoms. The molecule has 0 bridgehead atoms. The van der Waals surface area contributed by atoms with Crippen LogP contribution in [0.4, 0.5) is 0 Å². The van der Waals surface area contributed by atoms with Gasteiger partial charge in [-0.2, -0.15) is 10.5 Å². The number of ketones is 1. The Morgan fingerprint density at radius 3 is 1.36 bits per heavy atom. The fourth-order valence-electron chi connectivity index (χ4n) is 5.48. The molecule has 5 aromatic carbocycles. The van der Waals surface area contributed by atoms with E-state index in [1.165, 1.54) is 0 Å². The summed E-state index contributed by atoms with van der Waals surface area (Å²) < 4.78 is 0. The Kier molecular flexibility index (Phi) is 7.24. The van der Waals surface area contributed by atoms with Crippen molar-refractivity contribution in [1.29, 1.82) is 10.5 Å². The molecule has 0 spiro atoms. The highest BCUT2D eigenvalue weighted by atomic mass is 16.1. The zero-order chi connectivity index (χ0) is 28.9. The Bertz CT molecular complexity index is 1910. The number of fused-ring (bicyclic) bond motifs is 1. The van der Waals surface area contributed by atoms with Crippen LogP contribution in [0.15, 0.2) is 151 Å². The average Bonchev–Trinajstić information content (AvgIpc) is 3.33. The first kappa shape index (κ1) is 26.2. The van der Waals surface area contributed by atoms with Gasteiger partial charge in [-0.3, -0.25) is 4.79 Å². The largest absolute Gasteiger partial charge is 0.289 e. The second-order valence-corrected chi connectivity index (χ2v) is 9.88. The van der Waals surface area contributed by atoms with Crippen LogP contribution in [-0.4, -0.2) is 5.78 Å². The monoisotopic (exact) mass is 536 g/mol. The summed E-state index contributed by atoms with van der Waals surface area (Å²) in [5.74, 6) is -0.187. The number of carbonyl (C=O) groups excluding carboxylic acids is 1. The average molecular weight is 537 g/mol. The summed E-state index contributed by atoms with van der Waals surface area (Å²) in [4.78, 5) is 13.4. The van der Waals surface area contributed by atoms with Crippen molar-refractivity contribution in [3.05, 3.63) is 190 Å². The van der Waals surface area contributed by atoms with E-state index in [-0.39, 0.29) is 11.4 Å². The summed E-state index contributed by atoms with van der Waals surface area (Å²) >= 11 is 0. The minimum absolute atomic E-state index is 0.0687. The van der Waals surface area contributed by atoms with Crippen molar-refractivity contribution in [2.75, 3.05) is 0 Å². The Balaban J connectivity index is 1.53. The summed E-state index contributed by atoms with van der Waals surface area (Å²) in [6.07, 6.45) is 1.78. The van der Waals surface area contributed by atoms with E-state index in [2.05, 4.69) is 72.8 Å². The van der Waals surface area contributed by atoms with Crippen molar-refractivity contribution in [2.45, 2.75) is 0 Å². The lowest BCUT2D eigenvalue weighted by molar-refractivity contribution is 0.104. The number of Topliss-reactive ketones (excluding diaryl/α,β-unsaturated/α-hetero) is 1. The van der Waals surface area contributed by atoms with Crippen molar-refractivity contribution in [1.82, 2.24) is 0 Å². The summed E-state index contributed by atoms with van der Waals surface area (Å²) in [7, 11) is 0. The highest BCUT2D eigenvalue weighted by Crippen LogP contribution is 2.40.